The molecule has 2 unspecified atom stereocenters. The van der Waals surface area contributed by atoms with Gasteiger partial charge in [0.15, 0.2) is 5.84 Å². The van der Waals surface area contributed by atoms with Gasteiger partial charge < -0.3 is 9.64 Å². The molecule has 156 valence electrons. The Labute approximate surface area is 180 Å². The third-order valence-electron chi connectivity index (χ3n) is 5.84. The standard InChI is InChI=1S/C25H22FN3O2/c1-31-25(30)18-10-13-20-21(15-18)28-24(23(27-20)17-8-11-19(26)12-9-17)29-14-4-6-16-5-2-3-7-22(16)29/h2-3,5,7-13,15,20-21H,4,6,14H2,1H3. The van der Waals surface area contributed by atoms with Gasteiger partial charge in [-0.1, -0.05) is 24.3 Å². The zero-order valence-electron chi connectivity index (χ0n) is 17.2. The minimum atomic E-state index is -0.386. The predicted molar refractivity (Wildman–Crippen MR) is 119 cm³/mol. The van der Waals surface area contributed by atoms with Crippen molar-refractivity contribution in [3.05, 3.63) is 89.3 Å². The number of amidine groups is 1. The maximum absolute atomic E-state index is 13.6. The highest BCUT2D eigenvalue weighted by Crippen LogP contribution is 2.31. The van der Waals surface area contributed by atoms with E-state index in [1.165, 1.54) is 24.8 Å². The van der Waals surface area contributed by atoms with E-state index in [0.29, 0.717) is 5.57 Å². The van der Waals surface area contributed by atoms with E-state index >= 15 is 0 Å². The molecule has 0 radical (unpaired) electrons. The van der Waals surface area contributed by atoms with Crippen LogP contribution >= 0.6 is 0 Å². The van der Waals surface area contributed by atoms with E-state index in [2.05, 4.69) is 17.0 Å². The summed E-state index contributed by atoms with van der Waals surface area (Å²) in [4.78, 5) is 24.3. The highest BCUT2D eigenvalue weighted by atomic mass is 19.1. The Bertz CT molecular complexity index is 1150. The van der Waals surface area contributed by atoms with E-state index in [4.69, 9.17) is 14.7 Å². The van der Waals surface area contributed by atoms with Crippen molar-refractivity contribution in [2.45, 2.75) is 24.9 Å². The molecule has 0 N–H and O–H groups in total. The Morgan fingerprint density at radius 1 is 1.10 bits per heavy atom. The second-order valence-electron chi connectivity index (χ2n) is 7.78. The highest BCUT2D eigenvalue weighted by molar-refractivity contribution is 6.52. The van der Waals surface area contributed by atoms with Gasteiger partial charge in [-0.3, -0.25) is 9.98 Å². The number of para-hydroxylation sites is 1. The lowest BCUT2D eigenvalue weighted by molar-refractivity contribution is -0.135. The van der Waals surface area contributed by atoms with Crippen molar-refractivity contribution in [1.29, 1.82) is 0 Å². The maximum Gasteiger partial charge on any atom is 0.337 e. The van der Waals surface area contributed by atoms with Crippen LogP contribution in [0.15, 0.2) is 82.3 Å². The molecular formula is C25H22FN3O2. The van der Waals surface area contributed by atoms with Crippen LogP contribution < -0.4 is 4.90 Å². The largest absolute Gasteiger partial charge is 0.465 e. The minimum Gasteiger partial charge on any atom is -0.465 e. The van der Waals surface area contributed by atoms with Crippen molar-refractivity contribution in [1.82, 2.24) is 0 Å². The summed E-state index contributed by atoms with van der Waals surface area (Å²) < 4.78 is 18.5. The second-order valence-corrected chi connectivity index (χ2v) is 7.78. The molecule has 0 saturated heterocycles. The molecule has 0 bridgehead atoms. The third-order valence-corrected chi connectivity index (χ3v) is 5.84. The highest BCUT2D eigenvalue weighted by Gasteiger charge is 2.33. The number of nitrogens with zero attached hydrogens (tertiary/aromatic N) is 3. The molecule has 5 nitrogen and oxygen atoms in total. The van der Waals surface area contributed by atoms with Crippen LogP contribution in [0.1, 0.15) is 17.5 Å². The lowest BCUT2D eigenvalue weighted by Gasteiger charge is -2.36. The number of benzene rings is 2. The summed E-state index contributed by atoms with van der Waals surface area (Å²) >= 11 is 0. The fourth-order valence-corrected chi connectivity index (χ4v) is 4.31. The van der Waals surface area contributed by atoms with Crippen LogP contribution in [0, 0.1) is 5.82 Å². The van der Waals surface area contributed by atoms with Crippen LogP contribution in [0.5, 0.6) is 0 Å². The van der Waals surface area contributed by atoms with Gasteiger partial charge in [-0.15, -0.1) is 0 Å². The SMILES string of the molecule is COC(=O)C1=CC2N=C(N3CCCc4ccccc43)C(c3ccc(F)cc3)=NC2C=C1. The van der Waals surface area contributed by atoms with Crippen molar-refractivity contribution in [3.63, 3.8) is 0 Å². The number of aliphatic imine (C=N–C) groups is 2. The summed E-state index contributed by atoms with van der Waals surface area (Å²) in [7, 11) is 1.37. The lowest BCUT2D eigenvalue weighted by atomic mass is 9.94. The number of halogens is 1. The molecule has 0 spiro atoms. The minimum absolute atomic E-state index is 0.225. The third kappa shape index (κ3) is 3.58. The summed E-state index contributed by atoms with van der Waals surface area (Å²) in [5.74, 6) is 0.0712. The Kier molecular flexibility index (Phi) is 4.98. The van der Waals surface area contributed by atoms with Crippen molar-refractivity contribution in [3.8, 4) is 0 Å². The smallest absolute Gasteiger partial charge is 0.337 e. The second kappa shape index (κ2) is 7.95. The molecule has 2 atom stereocenters. The number of esters is 1. The summed E-state index contributed by atoms with van der Waals surface area (Å²) in [5.41, 5.74) is 4.41. The average Bonchev–Trinajstić information content (AvgIpc) is 2.82. The molecule has 6 heteroatoms. The molecule has 3 aliphatic rings. The zero-order chi connectivity index (χ0) is 21.4. The quantitative estimate of drug-likeness (QED) is 0.700. The van der Waals surface area contributed by atoms with E-state index in [9.17, 15) is 9.18 Å². The normalized spacial score (nSPS) is 22.0. The lowest BCUT2D eigenvalue weighted by Crippen LogP contribution is -2.45. The average molecular weight is 415 g/mol. The summed E-state index contributed by atoms with van der Waals surface area (Å²) in [6.07, 6.45) is 7.45. The van der Waals surface area contributed by atoms with Crippen LogP contribution in [0.3, 0.4) is 0 Å². The van der Waals surface area contributed by atoms with E-state index < -0.39 is 0 Å². The molecule has 5 rings (SSSR count). The van der Waals surface area contributed by atoms with Crippen LogP contribution in [0.4, 0.5) is 10.1 Å². The van der Waals surface area contributed by atoms with Gasteiger partial charge >= 0.3 is 5.97 Å². The van der Waals surface area contributed by atoms with Crippen LogP contribution in [-0.2, 0) is 16.0 Å². The number of carbonyl (C=O) groups excluding carboxylic acids is 1. The van der Waals surface area contributed by atoms with E-state index in [1.807, 2.05) is 24.3 Å². The molecular weight excluding hydrogens is 393 g/mol. The topological polar surface area (TPSA) is 54.3 Å². The summed E-state index contributed by atoms with van der Waals surface area (Å²) in [5, 5.41) is 0. The Morgan fingerprint density at radius 3 is 2.71 bits per heavy atom. The maximum atomic E-state index is 13.6. The first-order valence-corrected chi connectivity index (χ1v) is 10.4. The van der Waals surface area contributed by atoms with Crippen LogP contribution in [-0.4, -0.2) is 43.3 Å². The van der Waals surface area contributed by atoms with Gasteiger partial charge in [-0.05, 0) is 60.9 Å². The number of hydrogen-bond acceptors (Lipinski definition) is 5. The number of carbonyl (C=O) groups is 1. The number of rotatable bonds is 2. The van der Waals surface area contributed by atoms with Gasteiger partial charge in [-0.2, -0.15) is 0 Å². The molecule has 2 aromatic rings. The first kappa shape index (κ1) is 19.4. The van der Waals surface area contributed by atoms with Gasteiger partial charge in [0.1, 0.15) is 11.5 Å². The number of methoxy groups -OCH3 is 1. The van der Waals surface area contributed by atoms with Crippen LogP contribution in [0.25, 0.3) is 0 Å². The Hall–Kier alpha value is -3.54. The molecule has 1 aliphatic carbocycles. The van der Waals surface area contributed by atoms with Gasteiger partial charge in [0.25, 0.3) is 0 Å². The molecule has 2 aliphatic heterocycles. The molecule has 0 aromatic heterocycles. The molecule has 0 fully saturated rings. The Morgan fingerprint density at radius 2 is 1.90 bits per heavy atom. The molecule has 0 amide bonds. The van der Waals surface area contributed by atoms with Gasteiger partial charge in [0, 0.05) is 17.8 Å². The fourth-order valence-electron chi connectivity index (χ4n) is 4.31. The van der Waals surface area contributed by atoms with E-state index in [1.54, 1.807) is 18.2 Å². The molecule has 31 heavy (non-hydrogen) atoms. The van der Waals surface area contributed by atoms with Crippen molar-refractivity contribution in [2.75, 3.05) is 18.6 Å². The molecule has 0 saturated carbocycles. The van der Waals surface area contributed by atoms with Crippen molar-refractivity contribution < 1.29 is 13.9 Å². The monoisotopic (exact) mass is 415 g/mol. The van der Waals surface area contributed by atoms with Crippen molar-refractivity contribution in [2.24, 2.45) is 9.98 Å². The Balaban J connectivity index is 1.62. The van der Waals surface area contributed by atoms with E-state index in [-0.39, 0.29) is 23.9 Å². The molecule has 2 aromatic carbocycles. The summed E-state index contributed by atoms with van der Waals surface area (Å²) in [6.45, 7) is 0.816. The molecule has 2 heterocycles. The van der Waals surface area contributed by atoms with Crippen LogP contribution in [0.2, 0.25) is 0 Å². The van der Waals surface area contributed by atoms with Gasteiger partial charge in [0.2, 0.25) is 0 Å². The number of anilines is 1. The summed E-state index contributed by atoms with van der Waals surface area (Å²) in [6, 6.07) is 14.1. The van der Waals surface area contributed by atoms with Crippen molar-refractivity contribution >= 4 is 23.2 Å². The number of hydrogen-bond donors (Lipinski definition) is 0. The first-order chi connectivity index (χ1) is 15.1. The first-order valence-electron chi connectivity index (χ1n) is 10.4. The zero-order valence-corrected chi connectivity index (χ0v) is 17.2. The van der Waals surface area contributed by atoms with Gasteiger partial charge in [0.05, 0.1) is 24.8 Å². The van der Waals surface area contributed by atoms with E-state index in [0.717, 1.165) is 42.2 Å². The number of fused-ring (bicyclic) bond motifs is 2. The number of aryl methyl sites for hydroxylation is 1. The van der Waals surface area contributed by atoms with Gasteiger partial charge in [-0.25, -0.2) is 9.18 Å². The number of ether oxygens (including phenoxy) is 1. The fraction of sp³-hybridized carbons (Fsp3) is 0.240. The predicted octanol–water partition coefficient (Wildman–Crippen LogP) is 3.89.